The van der Waals surface area contributed by atoms with Crippen LogP contribution < -0.4 is 9.47 Å². The van der Waals surface area contributed by atoms with Gasteiger partial charge >= 0.3 is 0 Å². The van der Waals surface area contributed by atoms with Crippen LogP contribution in [0.15, 0.2) is 34.3 Å². The molecule has 0 bridgehead atoms. The van der Waals surface area contributed by atoms with Crippen LogP contribution in [-0.2, 0) is 21.7 Å². The first-order valence-corrected chi connectivity index (χ1v) is 15.8. The Kier molecular flexibility index (Phi) is 10.1. The van der Waals surface area contributed by atoms with Gasteiger partial charge in [-0.15, -0.1) is 0 Å². The monoisotopic (exact) mass is 574 g/mol. The molecule has 0 amide bonds. The van der Waals surface area contributed by atoms with Crippen LogP contribution in [0.5, 0.6) is 11.5 Å². The Labute approximate surface area is 257 Å². The summed E-state index contributed by atoms with van der Waals surface area (Å²) < 4.78 is 12.0. The van der Waals surface area contributed by atoms with Crippen molar-refractivity contribution in [2.24, 2.45) is 9.98 Å². The van der Waals surface area contributed by atoms with Crippen LogP contribution in [0.25, 0.3) is 0 Å². The first-order valence-electron chi connectivity index (χ1n) is 15.8. The van der Waals surface area contributed by atoms with E-state index in [-0.39, 0.29) is 33.7 Å². The molecule has 0 saturated heterocycles. The number of rotatable bonds is 6. The van der Waals surface area contributed by atoms with E-state index in [9.17, 15) is 0 Å². The van der Waals surface area contributed by atoms with Gasteiger partial charge in [0, 0.05) is 34.7 Å². The predicted molar refractivity (Wildman–Crippen MR) is 182 cm³/mol. The van der Waals surface area contributed by atoms with Crippen molar-refractivity contribution in [2.75, 3.05) is 14.2 Å². The lowest BCUT2D eigenvalue weighted by Gasteiger charge is -2.29. The summed E-state index contributed by atoms with van der Waals surface area (Å²) >= 11 is 0. The van der Waals surface area contributed by atoms with E-state index in [2.05, 4.69) is 120 Å². The third kappa shape index (κ3) is 8.05. The minimum Gasteiger partial charge on any atom is -0.496 e. The van der Waals surface area contributed by atoms with Crippen LogP contribution in [0.4, 0.5) is 0 Å². The van der Waals surface area contributed by atoms with E-state index >= 15 is 0 Å². The fourth-order valence-electron chi connectivity index (χ4n) is 5.72. The lowest BCUT2D eigenvalue weighted by atomic mass is 9.79. The van der Waals surface area contributed by atoms with Crippen LogP contribution in [0.3, 0.4) is 0 Å². The SMILES string of the molecule is COc1c(/C=N/C2CCCCC2/N=C/c2cc(C(C)(C)C)cc(C(C)(C)C)c2OC)cc(C(C)(C)C)cc1C(C)(C)C. The minimum absolute atomic E-state index is 0.0269. The molecule has 1 aliphatic carbocycles. The van der Waals surface area contributed by atoms with Gasteiger partial charge in [0.2, 0.25) is 0 Å². The van der Waals surface area contributed by atoms with Crippen molar-refractivity contribution in [3.8, 4) is 11.5 Å². The van der Waals surface area contributed by atoms with E-state index in [1.807, 2.05) is 0 Å². The van der Waals surface area contributed by atoms with E-state index in [1.165, 1.54) is 35.1 Å². The molecule has 2 aromatic carbocycles. The normalized spacial score (nSPS) is 19.1. The summed E-state index contributed by atoms with van der Waals surface area (Å²) in [4.78, 5) is 10.4. The molecule has 0 N–H and O–H groups in total. The largest absolute Gasteiger partial charge is 0.496 e. The Hall–Kier alpha value is -2.62. The summed E-state index contributed by atoms with van der Waals surface area (Å²) in [7, 11) is 3.55. The fraction of sp³-hybridized carbons (Fsp3) is 0.632. The molecule has 0 radical (unpaired) electrons. The van der Waals surface area contributed by atoms with Crippen LogP contribution in [0.2, 0.25) is 0 Å². The summed E-state index contributed by atoms with van der Waals surface area (Å²) in [6, 6.07) is 9.42. The summed E-state index contributed by atoms with van der Waals surface area (Å²) in [5.74, 6) is 1.85. The van der Waals surface area contributed by atoms with Gasteiger partial charge in [0.25, 0.3) is 0 Å². The highest BCUT2D eigenvalue weighted by molar-refractivity contribution is 5.86. The van der Waals surface area contributed by atoms with E-state index in [0.717, 1.165) is 35.5 Å². The number of benzene rings is 2. The van der Waals surface area contributed by atoms with Gasteiger partial charge in [-0.25, -0.2) is 0 Å². The highest BCUT2D eigenvalue weighted by Gasteiger charge is 2.28. The molecule has 2 atom stereocenters. The molecular weight excluding hydrogens is 516 g/mol. The number of ether oxygens (including phenoxy) is 2. The summed E-state index contributed by atoms with van der Waals surface area (Å²) in [6.45, 7) is 27.1. The van der Waals surface area contributed by atoms with E-state index in [4.69, 9.17) is 19.5 Å². The van der Waals surface area contributed by atoms with Gasteiger partial charge in [0.15, 0.2) is 0 Å². The van der Waals surface area contributed by atoms with Gasteiger partial charge in [-0.3, -0.25) is 9.98 Å². The average Bonchev–Trinajstić information content (AvgIpc) is 2.87. The van der Waals surface area contributed by atoms with Crippen molar-refractivity contribution >= 4 is 12.4 Å². The molecule has 0 aromatic heterocycles. The van der Waals surface area contributed by atoms with Crippen molar-refractivity contribution < 1.29 is 9.47 Å². The van der Waals surface area contributed by atoms with E-state index in [1.54, 1.807) is 14.2 Å². The third-order valence-corrected chi connectivity index (χ3v) is 8.50. The number of nitrogens with zero attached hydrogens (tertiary/aromatic N) is 2. The molecule has 2 aromatic rings. The Morgan fingerprint density at radius 3 is 1.14 bits per heavy atom. The number of hydrogen-bond donors (Lipinski definition) is 0. The molecule has 4 heteroatoms. The zero-order chi connectivity index (χ0) is 31.7. The lowest BCUT2D eigenvalue weighted by Crippen LogP contribution is -2.27. The van der Waals surface area contributed by atoms with Gasteiger partial charge in [-0.05, 0) is 57.8 Å². The van der Waals surface area contributed by atoms with Crippen molar-refractivity contribution in [3.63, 3.8) is 0 Å². The molecular formula is C38H58N2O2. The highest BCUT2D eigenvalue weighted by atomic mass is 16.5. The zero-order valence-corrected chi connectivity index (χ0v) is 29.2. The smallest absolute Gasteiger partial charge is 0.131 e. The standard InChI is InChI=1S/C38H58N2O2/c1-35(2,3)27-19-25(33(41-13)29(21-27)37(7,8)9)23-39-31-17-15-16-18-32(31)40-24-26-20-28(36(4,5)6)22-30(34(26)42-14)38(10,11)12/h19-24,31-32H,15-18H2,1-14H3/b39-23+,40-24+. The van der Waals surface area contributed by atoms with Gasteiger partial charge in [-0.2, -0.15) is 0 Å². The fourth-order valence-corrected chi connectivity index (χ4v) is 5.72. The van der Waals surface area contributed by atoms with Gasteiger partial charge in [-0.1, -0.05) is 108 Å². The molecule has 0 heterocycles. The maximum absolute atomic E-state index is 6.01. The molecule has 4 nitrogen and oxygen atoms in total. The third-order valence-electron chi connectivity index (χ3n) is 8.50. The second kappa shape index (κ2) is 12.5. The molecule has 1 aliphatic rings. The van der Waals surface area contributed by atoms with Crippen LogP contribution >= 0.6 is 0 Å². The minimum atomic E-state index is -0.0422. The second-order valence-electron chi connectivity index (χ2n) is 16.3. The zero-order valence-electron chi connectivity index (χ0n) is 29.2. The number of hydrogen-bond acceptors (Lipinski definition) is 4. The molecule has 232 valence electrons. The Balaban J connectivity index is 2.05. The Morgan fingerprint density at radius 1 is 0.548 bits per heavy atom. The molecule has 1 saturated carbocycles. The van der Waals surface area contributed by atoms with Crippen molar-refractivity contribution in [3.05, 3.63) is 57.6 Å². The quantitative estimate of drug-likeness (QED) is 0.322. The highest BCUT2D eigenvalue weighted by Crippen LogP contribution is 2.39. The predicted octanol–water partition coefficient (Wildman–Crippen LogP) is 9.74. The van der Waals surface area contributed by atoms with E-state index in [0.29, 0.717) is 0 Å². The average molecular weight is 575 g/mol. The molecule has 3 rings (SSSR count). The van der Waals surface area contributed by atoms with E-state index < -0.39 is 0 Å². The Morgan fingerprint density at radius 2 is 0.881 bits per heavy atom. The summed E-state index contributed by atoms with van der Waals surface area (Å²) in [6.07, 6.45) is 8.55. The lowest BCUT2D eigenvalue weighted by molar-refractivity contribution is 0.387. The topological polar surface area (TPSA) is 43.2 Å². The maximum atomic E-state index is 6.01. The van der Waals surface area contributed by atoms with Crippen LogP contribution in [0.1, 0.15) is 142 Å². The summed E-state index contributed by atoms with van der Waals surface area (Å²) in [5.41, 5.74) is 7.11. The maximum Gasteiger partial charge on any atom is 0.131 e. The molecule has 2 unspecified atom stereocenters. The second-order valence-corrected chi connectivity index (χ2v) is 16.3. The molecule has 1 fully saturated rings. The molecule has 0 aliphatic heterocycles. The first-order chi connectivity index (χ1) is 19.3. The van der Waals surface area contributed by atoms with Crippen LogP contribution in [0, 0.1) is 0 Å². The van der Waals surface area contributed by atoms with Gasteiger partial charge in [0.1, 0.15) is 11.5 Å². The van der Waals surface area contributed by atoms with Crippen molar-refractivity contribution in [1.82, 2.24) is 0 Å². The molecule has 42 heavy (non-hydrogen) atoms. The van der Waals surface area contributed by atoms with Crippen molar-refractivity contribution in [1.29, 1.82) is 0 Å². The summed E-state index contributed by atoms with van der Waals surface area (Å²) in [5, 5.41) is 0. The first kappa shape index (κ1) is 33.9. The van der Waals surface area contributed by atoms with Crippen molar-refractivity contribution in [2.45, 2.75) is 143 Å². The Bertz CT molecular complexity index is 1190. The molecule has 0 spiro atoms. The van der Waals surface area contributed by atoms with Gasteiger partial charge < -0.3 is 9.47 Å². The number of methoxy groups -OCH3 is 2. The number of aliphatic imine (C=N–C) groups is 2. The van der Waals surface area contributed by atoms with Gasteiger partial charge in [0.05, 0.1) is 26.3 Å². The van der Waals surface area contributed by atoms with Crippen LogP contribution in [-0.4, -0.2) is 38.7 Å².